The predicted molar refractivity (Wildman–Crippen MR) is 127 cm³/mol. The molecule has 2 aliphatic heterocycles. The maximum Gasteiger partial charge on any atom is 0.472 e. The van der Waals surface area contributed by atoms with Crippen LogP contribution in [0.2, 0.25) is 0 Å². The molecule has 0 aromatic carbocycles. The van der Waals surface area contributed by atoms with Crippen LogP contribution in [0, 0.1) is 6.92 Å². The first-order valence-corrected chi connectivity index (χ1v) is 13.2. The average molecular weight is 588 g/mol. The Morgan fingerprint density at radius 3 is 2.42 bits per heavy atom. The van der Waals surface area contributed by atoms with Gasteiger partial charge in [0.1, 0.15) is 48.8 Å². The number of hydrogen-bond acceptors (Lipinski definition) is 16. The zero-order valence-electron chi connectivity index (χ0n) is 20.5. The summed E-state index contributed by atoms with van der Waals surface area (Å²) in [6.07, 6.45) is -10.0. The van der Waals surface area contributed by atoms with Gasteiger partial charge in [-0.1, -0.05) is 0 Å². The number of rotatable bonds is 8. The number of H-pyrrole nitrogens is 1. The number of aromatic nitrogens is 7. The molecule has 9 atom stereocenters. The van der Waals surface area contributed by atoms with Gasteiger partial charge in [-0.25, -0.2) is 24.3 Å². The molecule has 0 amide bonds. The van der Waals surface area contributed by atoms with Gasteiger partial charge in [-0.05, 0) is 6.92 Å². The van der Waals surface area contributed by atoms with E-state index in [9.17, 15) is 39.5 Å². The van der Waals surface area contributed by atoms with Crippen LogP contribution in [-0.4, -0.2) is 109 Å². The largest absolute Gasteiger partial charge is 0.472 e. The smallest absolute Gasteiger partial charge is 0.394 e. The molecule has 0 bridgehead atoms. The minimum atomic E-state index is -5.03. The van der Waals surface area contributed by atoms with Gasteiger partial charge in [-0.15, -0.1) is 0 Å². The van der Waals surface area contributed by atoms with E-state index in [0.29, 0.717) is 0 Å². The third kappa shape index (κ3) is 5.17. The Balaban J connectivity index is 1.28. The highest BCUT2D eigenvalue weighted by atomic mass is 31.2. The molecule has 5 heterocycles. The Kier molecular flexibility index (Phi) is 7.56. The van der Waals surface area contributed by atoms with Crippen LogP contribution >= 0.6 is 7.82 Å². The number of imidazole rings is 1. The number of nitrogens with one attached hydrogen (secondary N) is 1. The van der Waals surface area contributed by atoms with E-state index < -0.39 is 81.4 Å². The van der Waals surface area contributed by atoms with Crippen LogP contribution < -0.4 is 17.0 Å². The average Bonchev–Trinajstić information content (AvgIpc) is 3.53. The zero-order chi connectivity index (χ0) is 28.9. The van der Waals surface area contributed by atoms with Crippen LogP contribution in [0.4, 0.5) is 5.95 Å². The Hall–Kier alpha value is -3.17. The van der Waals surface area contributed by atoms with Gasteiger partial charge in [0.25, 0.3) is 5.56 Å². The molecule has 21 heteroatoms. The molecular formula is C19H25N8O12P. The first-order chi connectivity index (χ1) is 18.9. The summed E-state index contributed by atoms with van der Waals surface area (Å²) in [6.45, 7) is -0.0172. The molecule has 0 spiro atoms. The van der Waals surface area contributed by atoms with Crippen LogP contribution in [0.3, 0.4) is 0 Å². The van der Waals surface area contributed by atoms with Crippen molar-refractivity contribution in [3.8, 4) is 0 Å². The highest BCUT2D eigenvalue weighted by Gasteiger charge is 2.50. The third-order valence-corrected chi connectivity index (χ3v) is 7.31. The summed E-state index contributed by atoms with van der Waals surface area (Å²) in [4.78, 5) is 52.2. The summed E-state index contributed by atoms with van der Waals surface area (Å²) >= 11 is 0. The van der Waals surface area contributed by atoms with Gasteiger partial charge in [0.05, 0.1) is 19.5 Å². The molecule has 3 aromatic heterocycles. The van der Waals surface area contributed by atoms with Crippen LogP contribution in [-0.2, 0) is 23.1 Å². The van der Waals surface area contributed by atoms with Gasteiger partial charge in [0.2, 0.25) is 5.95 Å². The lowest BCUT2D eigenvalue weighted by atomic mass is 10.1. The number of aliphatic hydroxyl groups is 4. The Bertz CT molecular complexity index is 1560. The molecule has 40 heavy (non-hydrogen) atoms. The first-order valence-electron chi connectivity index (χ1n) is 11.7. The van der Waals surface area contributed by atoms with Gasteiger partial charge in [0.15, 0.2) is 23.6 Å². The SMILES string of the molecule is Cc1nc2c(ncn2[C@@H]2O[C@H](CO)[C@H](OP(=O)(O)OC[C@H]3O[C@@H](n4cnc(N)nc4=O)C(O)[C@H]3O)C2O)c(=O)[nH]1. The minimum Gasteiger partial charge on any atom is -0.394 e. The summed E-state index contributed by atoms with van der Waals surface area (Å²) in [7, 11) is -5.03. The summed E-state index contributed by atoms with van der Waals surface area (Å²) in [5, 5.41) is 41.3. The van der Waals surface area contributed by atoms with Crippen LogP contribution in [0.1, 0.15) is 18.3 Å². The van der Waals surface area contributed by atoms with E-state index in [1.54, 1.807) is 0 Å². The first kappa shape index (κ1) is 28.4. The number of anilines is 1. The van der Waals surface area contributed by atoms with Gasteiger partial charge < -0.3 is 45.5 Å². The second-order valence-corrected chi connectivity index (χ2v) is 10.4. The van der Waals surface area contributed by atoms with Crippen molar-refractivity contribution < 1.29 is 48.4 Å². The molecule has 8 N–H and O–H groups in total. The molecule has 20 nitrogen and oxygen atoms in total. The topological polar surface area (TPSA) is 293 Å². The van der Waals surface area contributed by atoms with Crippen molar-refractivity contribution in [3.05, 3.63) is 39.3 Å². The van der Waals surface area contributed by atoms with E-state index >= 15 is 0 Å². The minimum absolute atomic E-state index is 0.0501. The number of phosphoric acid groups is 1. The van der Waals surface area contributed by atoms with Gasteiger partial charge >= 0.3 is 13.5 Å². The quantitative estimate of drug-likeness (QED) is 0.123. The lowest BCUT2D eigenvalue weighted by Gasteiger charge is -2.23. The monoisotopic (exact) mass is 588 g/mol. The maximum atomic E-state index is 12.8. The van der Waals surface area contributed by atoms with Crippen molar-refractivity contribution in [1.29, 1.82) is 0 Å². The fourth-order valence-electron chi connectivity index (χ4n) is 4.43. The number of nitrogens with zero attached hydrogens (tertiary/aromatic N) is 6. The lowest BCUT2D eigenvalue weighted by molar-refractivity contribution is -0.0613. The van der Waals surface area contributed by atoms with Crippen molar-refractivity contribution in [2.75, 3.05) is 18.9 Å². The molecular weight excluding hydrogens is 563 g/mol. The molecule has 0 saturated carbocycles. The maximum absolute atomic E-state index is 12.8. The molecule has 3 unspecified atom stereocenters. The third-order valence-electron chi connectivity index (χ3n) is 6.33. The number of aryl methyl sites for hydroxylation is 1. The number of phosphoric ester groups is 1. The van der Waals surface area contributed by atoms with Crippen molar-refractivity contribution in [3.63, 3.8) is 0 Å². The number of aliphatic hydroxyl groups excluding tert-OH is 4. The highest BCUT2D eigenvalue weighted by molar-refractivity contribution is 7.47. The van der Waals surface area contributed by atoms with Gasteiger partial charge in [-0.2, -0.15) is 4.98 Å². The number of aromatic amines is 1. The fourth-order valence-corrected chi connectivity index (χ4v) is 5.39. The van der Waals surface area contributed by atoms with E-state index in [1.807, 2.05) is 0 Å². The van der Waals surface area contributed by atoms with Crippen molar-refractivity contribution in [2.24, 2.45) is 0 Å². The lowest BCUT2D eigenvalue weighted by Crippen LogP contribution is -2.37. The number of ether oxygens (including phenoxy) is 2. The molecule has 2 aliphatic rings. The zero-order valence-corrected chi connectivity index (χ0v) is 21.4. The van der Waals surface area contributed by atoms with Gasteiger partial charge in [-0.3, -0.25) is 23.0 Å². The normalized spacial score (nSPS) is 32.0. The van der Waals surface area contributed by atoms with Crippen molar-refractivity contribution in [1.82, 2.24) is 34.1 Å². The van der Waals surface area contributed by atoms with Gasteiger partial charge in [0, 0.05) is 0 Å². The number of nitrogen functional groups attached to an aromatic ring is 1. The molecule has 5 rings (SSSR count). The van der Waals surface area contributed by atoms with Crippen LogP contribution in [0.5, 0.6) is 0 Å². The van der Waals surface area contributed by atoms with E-state index in [1.165, 1.54) is 17.8 Å². The summed E-state index contributed by atoms with van der Waals surface area (Å²) in [5.74, 6) is -0.0701. The van der Waals surface area contributed by atoms with Crippen LogP contribution in [0.15, 0.2) is 22.2 Å². The molecule has 0 aliphatic carbocycles. The second-order valence-electron chi connectivity index (χ2n) is 9.00. The summed E-state index contributed by atoms with van der Waals surface area (Å²) in [5.41, 5.74) is 3.87. The molecule has 2 fully saturated rings. The van der Waals surface area contributed by atoms with Crippen molar-refractivity contribution >= 4 is 24.9 Å². The van der Waals surface area contributed by atoms with Crippen molar-refractivity contribution in [2.45, 2.75) is 56.0 Å². The highest BCUT2D eigenvalue weighted by Crippen LogP contribution is 2.49. The summed E-state index contributed by atoms with van der Waals surface area (Å²) < 4.78 is 35.8. The molecule has 218 valence electrons. The Morgan fingerprint density at radius 2 is 1.73 bits per heavy atom. The molecule has 0 radical (unpaired) electrons. The van der Waals surface area contributed by atoms with E-state index in [-0.39, 0.29) is 22.9 Å². The number of nitrogens with two attached hydrogens (primary N) is 1. The Labute approximate surface area is 222 Å². The Morgan fingerprint density at radius 1 is 1.05 bits per heavy atom. The number of hydrogen-bond donors (Lipinski definition) is 7. The van der Waals surface area contributed by atoms with Crippen LogP contribution in [0.25, 0.3) is 11.2 Å². The van der Waals surface area contributed by atoms with E-state index in [2.05, 4.69) is 24.9 Å². The van der Waals surface area contributed by atoms with E-state index in [0.717, 1.165) is 10.9 Å². The number of fused-ring (bicyclic) bond motifs is 1. The second kappa shape index (κ2) is 10.7. The summed E-state index contributed by atoms with van der Waals surface area (Å²) in [6, 6.07) is 0. The predicted octanol–water partition coefficient (Wildman–Crippen LogP) is -3.97. The molecule has 3 aromatic rings. The standard InChI is InChI=1S/C19H25N8O12P/c1-6-23-14-9(15(32)24-6)21-4-26(14)17-12(31)13(7(2-28)37-17)39-40(34,35)36-3-8-10(29)11(30)16(38-8)27-5-22-18(20)25-19(27)33/h4-5,7-8,10-13,16-17,28-31H,2-3H2,1H3,(H,34,35)(H2,20,25,33)(H,23,24,32)/t7-,8-,10+,11?,12?,13+,16-,17-/m1/s1. The molecule has 2 saturated heterocycles. The fraction of sp³-hybridized carbons (Fsp3) is 0.579. The van der Waals surface area contributed by atoms with E-state index in [4.69, 9.17) is 24.3 Å².